The topological polar surface area (TPSA) is 64.4 Å². The highest BCUT2D eigenvalue weighted by atomic mass is 16.6. The summed E-state index contributed by atoms with van der Waals surface area (Å²) in [4.78, 5) is 10.4. The van der Waals surface area contributed by atoms with E-state index in [0.717, 1.165) is 38.2 Å². The van der Waals surface area contributed by atoms with E-state index < -0.39 is 0 Å². The van der Waals surface area contributed by atoms with Gasteiger partial charge in [0.2, 0.25) is 0 Å². The molecule has 0 heterocycles. The lowest BCUT2D eigenvalue weighted by Gasteiger charge is -2.17. The van der Waals surface area contributed by atoms with Gasteiger partial charge in [-0.25, -0.2) is 0 Å². The lowest BCUT2D eigenvalue weighted by Crippen LogP contribution is -2.23. The molecule has 1 N–H and O–H groups in total. The van der Waals surface area contributed by atoms with Crippen LogP contribution >= 0.6 is 0 Å². The van der Waals surface area contributed by atoms with Crippen LogP contribution in [0.3, 0.4) is 0 Å². The molecule has 0 amide bonds. The molecule has 106 valence electrons. The molecule has 0 aromatic heterocycles. The molecule has 5 nitrogen and oxygen atoms in total. The van der Waals surface area contributed by atoms with Gasteiger partial charge in [0.1, 0.15) is 0 Å². The summed E-state index contributed by atoms with van der Waals surface area (Å²) in [6.07, 6.45) is 1.84. The Morgan fingerprint density at radius 3 is 2.84 bits per heavy atom. The van der Waals surface area contributed by atoms with Gasteiger partial charge >= 0.3 is 0 Å². The Labute approximate surface area is 114 Å². The number of hydrogen-bond donors (Lipinski definition) is 1. The van der Waals surface area contributed by atoms with Gasteiger partial charge in [-0.15, -0.1) is 0 Å². The van der Waals surface area contributed by atoms with Gasteiger partial charge in [0, 0.05) is 31.4 Å². The van der Waals surface area contributed by atoms with Crippen molar-refractivity contribution in [2.24, 2.45) is 0 Å². The summed E-state index contributed by atoms with van der Waals surface area (Å²) in [7, 11) is 0. The fourth-order valence-electron chi connectivity index (χ4n) is 1.95. The van der Waals surface area contributed by atoms with Crippen LogP contribution in [0.1, 0.15) is 38.3 Å². The van der Waals surface area contributed by atoms with Gasteiger partial charge in [-0.1, -0.05) is 19.1 Å². The molecule has 1 aromatic carbocycles. The van der Waals surface area contributed by atoms with Crippen molar-refractivity contribution in [1.82, 2.24) is 5.32 Å². The first-order valence-corrected chi connectivity index (χ1v) is 6.74. The van der Waals surface area contributed by atoms with Gasteiger partial charge in [-0.05, 0) is 31.9 Å². The summed E-state index contributed by atoms with van der Waals surface area (Å²) in [6, 6.07) is 6.98. The van der Waals surface area contributed by atoms with Crippen LogP contribution in [0, 0.1) is 10.1 Å². The fourth-order valence-corrected chi connectivity index (χ4v) is 1.95. The first-order valence-electron chi connectivity index (χ1n) is 6.74. The fraction of sp³-hybridized carbons (Fsp3) is 0.571. The zero-order valence-corrected chi connectivity index (χ0v) is 11.6. The summed E-state index contributed by atoms with van der Waals surface area (Å²) in [6.45, 7) is 6.38. The van der Waals surface area contributed by atoms with E-state index in [1.165, 1.54) is 6.07 Å². The largest absolute Gasteiger partial charge is 0.382 e. The predicted octanol–water partition coefficient (Wildman–Crippen LogP) is 3.06. The summed E-state index contributed by atoms with van der Waals surface area (Å²) >= 11 is 0. The molecule has 0 aliphatic rings. The molecule has 0 fully saturated rings. The highest BCUT2D eigenvalue weighted by molar-refractivity contribution is 5.35. The molecule has 1 unspecified atom stereocenters. The van der Waals surface area contributed by atoms with E-state index in [1.807, 2.05) is 13.0 Å². The molecular weight excluding hydrogens is 244 g/mol. The third-order valence-electron chi connectivity index (χ3n) is 2.95. The van der Waals surface area contributed by atoms with Crippen molar-refractivity contribution in [2.75, 3.05) is 19.8 Å². The summed E-state index contributed by atoms with van der Waals surface area (Å²) in [5.41, 5.74) is 1.11. The molecular formula is C14H22N2O3. The Kier molecular flexibility index (Phi) is 7.07. The van der Waals surface area contributed by atoms with Crippen LogP contribution in [0.15, 0.2) is 24.3 Å². The molecule has 19 heavy (non-hydrogen) atoms. The van der Waals surface area contributed by atoms with Crippen molar-refractivity contribution in [1.29, 1.82) is 0 Å². The van der Waals surface area contributed by atoms with E-state index in [4.69, 9.17) is 4.74 Å². The van der Waals surface area contributed by atoms with E-state index in [2.05, 4.69) is 12.2 Å². The second-order valence-corrected chi connectivity index (χ2v) is 4.32. The van der Waals surface area contributed by atoms with Crippen LogP contribution in [-0.4, -0.2) is 24.7 Å². The molecule has 0 spiro atoms. The van der Waals surface area contributed by atoms with E-state index in [-0.39, 0.29) is 16.7 Å². The van der Waals surface area contributed by atoms with Crippen LogP contribution < -0.4 is 5.32 Å². The van der Waals surface area contributed by atoms with Gasteiger partial charge in [0.05, 0.1) is 4.92 Å². The van der Waals surface area contributed by atoms with Gasteiger partial charge in [-0.3, -0.25) is 10.1 Å². The maximum atomic E-state index is 10.8. The molecule has 0 radical (unpaired) electrons. The van der Waals surface area contributed by atoms with Crippen molar-refractivity contribution >= 4 is 5.69 Å². The zero-order chi connectivity index (χ0) is 14.1. The lowest BCUT2D eigenvalue weighted by molar-refractivity contribution is -0.384. The first kappa shape index (κ1) is 15.6. The summed E-state index contributed by atoms with van der Waals surface area (Å²) in [5, 5.41) is 14.2. The average molecular weight is 266 g/mol. The Bertz CT molecular complexity index is 396. The monoisotopic (exact) mass is 266 g/mol. The van der Waals surface area contributed by atoms with E-state index >= 15 is 0 Å². The van der Waals surface area contributed by atoms with Crippen molar-refractivity contribution < 1.29 is 9.66 Å². The molecule has 5 heteroatoms. The normalized spacial score (nSPS) is 12.3. The molecule has 1 rings (SSSR count). The summed E-state index contributed by atoms with van der Waals surface area (Å²) < 4.78 is 5.28. The Morgan fingerprint density at radius 2 is 2.21 bits per heavy atom. The minimum atomic E-state index is -0.356. The van der Waals surface area contributed by atoms with Crippen molar-refractivity contribution in [3.8, 4) is 0 Å². The minimum absolute atomic E-state index is 0.145. The summed E-state index contributed by atoms with van der Waals surface area (Å²) in [5.74, 6) is 0. The average Bonchev–Trinajstić information content (AvgIpc) is 2.43. The van der Waals surface area contributed by atoms with Crippen LogP contribution in [0.4, 0.5) is 5.69 Å². The number of nitro groups is 1. The Morgan fingerprint density at radius 1 is 1.42 bits per heavy atom. The molecule has 0 aliphatic heterocycles. The minimum Gasteiger partial charge on any atom is -0.382 e. The Balaban J connectivity index is 2.54. The number of rotatable bonds is 9. The number of hydrogen-bond acceptors (Lipinski definition) is 4. The number of non-ortho nitro benzene ring substituents is 1. The number of benzene rings is 1. The quantitative estimate of drug-likeness (QED) is 0.424. The molecule has 0 bridgehead atoms. The SMILES string of the molecule is CCOCCCNC(CC)c1cccc([N+](=O)[O-])c1. The molecule has 1 atom stereocenters. The molecule has 0 saturated heterocycles. The first-order chi connectivity index (χ1) is 9.19. The predicted molar refractivity (Wildman–Crippen MR) is 75.2 cm³/mol. The second kappa shape index (κ2) is 8.61. The number of nitrogens with one attached hydrogen (secondary N) is 1. The van der Waals surface area contributed by atoms with E-state index in [9.17, 15) is 10.1 Å². The van der Waals surface area contributed by atoms with Gasteiger partial charge in [0.15, 0.2) is 0 Å². The van der Waals surface area contributed by atoms with Gasteiger partial charge < -0.3 is 10.1 Å². The van der Waals surface area contributed by atoms with Crippen LogP contribution in [0.2, 0.25) is 0 Å². The van der Waals surface area contributed by atoms with E-state index in [0.29, 0.717) is 0 Å². The van der Waals surface area contributed by atoms with Crippen LogP contribution in [0.5, 0.6) is 0 Å². The molecule has 0 saturated carbocycles. The molecule has 1 aromatic rings. The van der Waals surface area contributed by atoms with Gasteiger partial charge in [-0.2, -0.15) is 0 Å². The van der Waals surface area contributed by atoms with E-state index in [1.54, 1.807) is 12.1 Å². The Hall–Kier alpha value is -1.46. The maximum Gasteiger partial charge on any atom is 0.269 e. The smallest absolute Gasteiger partial charge is 0.269 e. The molecule has 0 aliphatic carbocycles. The second-order valence-electron chi connectivity index (χ2n) is 4.32. The number of nitro benzene ring substituents is 1. The maximum absolute atomic E-state index is 10.8. The van der Waals surface area contributed by atoms with Crippen LogP contribution in [-0.2, 0) is 4.74 Å². The number of ether oxygens (including phenoxy) is 1. The number of nitrogens with zero attached hydrogens (tertiary/aromatic N) is 1. The van der Waals surface area contributed by atoms with Crippen molar-refractivity contribution in [3.05, 3.63) is 39.9 Å². The highest BCUT2D eigenvalue weighted by Gasteiger charge is 2.12. The van der Waals surface area contributed by atoms with Crippen molar-refractivity contribution in [3.63, 3.8) is 0 Å². The van der Waals surface area contributed by atoms with Crippen molar-refractivity contribution in [2.45, 2.75) is 32.7 Å². The third kappa shape index (κ3) is 5.36. The zero-order valence-electron chi connectivity index (χ0n) is 11.6. The highest BCUT2D eigenvalue weighted by Crippen LogP contribution is 2.21. The van der Waals surface area contributed by atoms with Gasteiger partial charge in [0.25, 0.3) is 5.69 Å². The van der Waals surface area contributed by atoms with Crippen LogP contribution in [0.25, 0.3) is 0 Å². The third-order valence-corrected chi connectivity index (χ3v) is 2.95. The lowest BCUT2D eigenvalue weighted by atomic mass is 10.0. The standard InChI is InChI=1S/C14H22N2O3/c1-3-14(15-9-6-10-19-4-2)12-7-5-8-13(11-12)16(17)18/h5,7-8,11,14-15H,3-4,6,9-10H2,1-2H3.